The maximum atomic E-state index is 6.23. The molecule has 19 heavy (non-hydrogen) atoms. The van der Waals surface area contributed by atoms with Crippen molar-refractivity contribution >= 4 is 23.1 Å². The zero-order chi connectivity index (χ0) is 13.6. The van der Waals surface area contributed by atoms with Gasteiger partial charge in [0, 0.05) is 16.3 Å². The van der Waals surface area contributed by atoms with E-state index >= 15 is 0 Å². The Morgan fingerprint density at radius 2 is 1.79 bits per heavy atom. The van der Waals surface area contributed by atoms with Crippen LogP contribution in [0.2, 0.25) is 5.02 Å². The molecular formula is C15H14ClN3. The zero-order valence-corrected chi connectivity index (χ0v) is 11.6. The van der Waals surface area contributed by atoms with Gasteiger partial charge >= 0.3 is 0 Å². The second kappa shape index (κ2) is 4.28. The summed E-state index contributed by atoms with van der Waals surface area (Å²) in [4.78, 5) is 4.63. The molecule has 3 aromatic rings. The van der Waals surface area contributed by atoms with Crippen molar-refractivity contribution in [3.63, 3.8) is 0 Å². The van der Waals surface area contributed by atoms with Crippen LogP contribution in [0.25, 0.3) is 16.9 Å². The van der Waals surface area contributed by atoms with Crippen LogP contribution in [0.1, 0.15) is 11.3 Å². The quantitative estimate of drug-likeness (QED) is 0.730. The number of nitrogens with two attached hydrogens (primary N) is 1. The predicted octanol–water partition coefficient (Wildman–Crippen LogP) is 3.85. The Hall–Kier alpha value is -2.00. The lowest BCUT2D eigenvalue weighted by Gasteiger charge is -2.04. The van der Waals surface area contributed by atoms with Gasteiger partial charge in [0.2, 0.25) is 0 Å². The van der Waals surface area contributed by atoms with Gasteiger partial charge in [-0.05, 0) is 43.7 Å². The molecule has 0 atom stereocenters. The Morgan fingerprint density at radius 1 is 1.11 bits per heavy atom. The predicted molar refractivity (Wildman–Crippen MR) is 79.5 cm³/mol. The summed E-state index contributed by atoms with van der Waals surface area (Å²) in [5.41, 5.74) is 11.1. The first-order valence-corrected chi connectivity index (χ1v) is 6.45. The molecule has 0 unspecified atom stereocenters. The van der Waals surface area contributed by atoms with Crippen molar-refractivity contribution in [1.82, 2.24) is 9.38 Å². The molecule has 0 bridgehead atoms. The molecule has 2 heterocycles. The summed E-state index contributed by atoms with van der Waals surface area (Å²) in [5.74, 6) is 0.662. The van der Waals surface area contributed by atoms with Gasteiger partial charge in [0.05, 0.1) is 0 Å². The topological polar surface area (TPSA) is 43.3 Å². The first-order valence-electron chi connectivity index (χ1n) is 6.07. The lowest BCUT2D eigenvalue weighted by atomic mass is 10.1. The third-order valence-corrected chi connectivity index (χ3v) is 3.45. The van der Waals surface area contributed by atoms with E-state index in [9.17, 15) is 0 Å². The Morgan fingerprint density at radius 3 is 2.47 bits per heavy atom. The first-order chi connectivity index (χ1) is 9.06. The number of aryl methyl sites for hydroxylation is 2. The summed E-state index contributed by atoms with van der Waals surface area (Å²) in [6.07, 6.45) is 0. The minimum Gasteiger partial charge on any atom is -0.383 e. The molecule has 3 rings (SSSR count). The van der Waals surface area contributed by atoms with Crippen molar-refractivity contribution in [2.45, 2.75) is 13.8 Å². The van der Waals surface area contributed by atoms with E-state index in [0.717, 1.165) is 22.6 Å². The Labute approximate surface area is 116 Å². The highest BCUT2D eigenvalue weighted by Crippen LogP contribution is 2.28. The van der Waals surface area contributed by atoms with Crippen LogP contribution in [0.5, 0.6) is 0 Å². The average Bonchev–Trinajstić information content (AvgIpc) is 2.67. The van der Waals surface area contributed by atoms with E-state index in [2.05, 4.69) is 18.0 Å². The molecule has 0 saturated heterocycles. The van der Waals surface area contributed by atoms with Crippen LogP contribution in [0.3, 0.4) is 0 Å². The fraction of sp³-hybridized carbons (Fsp3) is 0.133. The van der Waals surface area contributed by atoms with Gasteiger partial charge in [0.15, 0.2) is 0 Å². The Kier molecular flexibility index (Phi) is 2.72. The number of hydrogen-bond acceptors (Lipinski definition) is 2. The minimum atomic E-state index is 0.662. The van der Waals surface area contributed by atoms with Crippen LogP contribution < -0.4 is 5.73 Å². The van der Waals surface area contributed by atoms with Gasteiger partial charge in [0.25, 0.3) is 0 Å². The highest BCUT2D eigenvalue weighted by Gasteiger charge is 2.12. The molecule has 0 amide bonds. The van der Waals surface area contributed by atoms with Gasteiger partial charge < -0.3 is 5.73 Å². The molecule has 0 fully saturated rings. The van der Waals surface area contributed by atoms with Crippen LogP contribution in [0, 0.1) is 13.8 Å². The van der Waals surface area contributed by atoms with E-state index < -0.39 is 0 Å². The van der Waals surface area contributed by atoms with Gasteiger partial charge in [-0.2, -0.15) is 0 Å². The third-order valence-electron chi connectivity index (χ3n) is 3.20. The van der Waals surface area contributed by atoms with Crippen LogP contribution in [-0.2, 0) is 0 Å². The molecule has 0 spiro atoms. The van der Waals surface area contributed by atoms with Crippen molar-refractivity contribution in [1.29, 1.82) is 0 Å². The minimum absolute atomic E-state index is 0.662. The van der Waals surface area contributed by atoms with Crippen LogP contribution in [-0.4, -0.2) is 9.38 Å². The number of anilines is 1. The number of nitrogen functional groups attached to an aromatic ring is 1. The van der Waals surface area contributed by atoms with Crippen LogP contribution in [0.4, 0.5) is 5.82 Å². The Bertz CT molecular complexity index is 757. The Balaban J connectivity index is 2.28. The lowest BCUT2D eigenvalue weighted by Crippen LogP contribution is -1.98. The van der Waals surface area contributed by atoms with E-state index in [1.165, 1.54) is 5.56 Å². The van der Waals surface area contributed by atoms with Gasteiger partial charge in [-0.1, -0.05) is 23.7 Å². The molecule has 0 aliphatic carbocycles. The summed E-state index contributed by atoms with van der Waals surface area (Å²) in [5, 5.41) is 0.707. The molecule has 1 aromatic carbocycles. The maximum Gasteiger partial charge on any atom is 0.139 e. The van der Waals surface area contributed by atoms with Gasteiger partial charge in [-0.15, -0.1) is 0 Å². The van der Waals surface area contributed by atoms with Gasteiger partial charge in [-0.25, -0.2) is 4.98 Å². The molecule has 0 aliphatic rings. The molecule has 2 N–H and O–H groups in total. The van der Waals surface area contributed by atoms with E-state index in [4.69, 9.17) is 17.3 Å². The third kappa shape index (κ3) is 1.96. The van der Waals surface area contributed by atoms with E-state index in [1.807, 2.05) is 41.7 Å². The normalized spacial score (nSPS) is 11.1. The number of benzene rings is 1. The highest BCUT2D eigenvalue weighted by atomic mass is 35.5. The summed E-state index contributed by atoms with van der Waals surface area (Å²) in [6.45, 7) is 4.09. The zero-order valence-electron chi connectivity index (χ0n) is 10.8. The molecule has 0 saturated carbocycles. The molecule has 0 radical (unpaired) electrons. The van der Waals surface area contributed by atoms with Gasteiger partial charge in [-0.3, -0.25) is 4.40 Å². The summed E-state index contributed by atoms with van der Waals surface area (Å²) >= 11 is 5.91. The number of imidazole rings is 1. The smallest absolute Gasteiger partial charge is 0.139 e. The van der Waals surface area contributed by atoms with Crippen molar-refractivity contribution in [3.8, 4) is 11.3 Å². The molecule has 0 aliphatic heterocycles. The number of fused-ring (bicyclic) bond motifs is 1. The fourth-order valence-electron chi connectivity index (χ4n) is 2.38. The second-order valence-electron chi connectivity index (χ2n) is 4.72. The standard InChI is InChI=1S/C15H14ClN3/c1-9-7-10(2)19-13(8-9)18-14(15(19)17)11-3-5-12(16)6-4-11/h3-8H,17H2,1-2H3. The molecule has 3 nitrogen and oxygen atoms in total. The first kappa shape index (κ1) is 12.1. The molecule has 4 heteroatoms. The number of rotatable bonds is 1. The number of hydrogen-bond donors (Lipinski definition) is 1. The van der Waals surface area contributed by atoms with E-state index in [0.29, 0.717) is 10.8 Å². The fourth-order valence-corrected chi connectivity index (χ4v) is 2.50. The second-order valence-corrected chi connectivity index (χ2v) is 5.16. The number of halogens is 1. The number of pyridine rings is 1. The average molecular weight is 272 g/mol. The van der Waals surface area contributed by atoms with Crippen LogP contribution >= 0.6 is 11.6 Å². The summed E-state index contributed by atoms with van der Waals surface area (Å²) in [6, 6.07) is 11.7. The monoisotopic (exact) mass is 271 g/mol. The van der Waals surface area contributed by atoms with E-state index in [-0.39, 0.29) is 0 Å². The summed E-state index contributed by atoms with van der Waals surface area (Å²) < 4.78 is 1.97. The summed E-state index contributed by atoms with van der Waals surface area (Å²) in [7, 11) is 0. The largest absolute Gasteiger partial charge is 0.383 e. The van der Waals surface area contributed by atoms with Crippen molar-refractivity contribution in [3.05, 3.63) is 52.7 Å². The van der Waals surface area contributed by atoms with E-state index in [1.54, 1.807) is 0 Å². The van der Waals surface area contributed by atoms with Crippen molar-refractivity contribution in [2.75, 3.05) is 5.73 Å². The maximum absolute atomic E-state index is 6.23. The van der Waals surface area contributed by atoms with Crippen LogP contribution in [0.15, 0.2) is 36.4 Å². The molecule has 2 aromatic heterocycles. The SMILES string of the molecule is Cc1cc(C)n2c(N)c(-c3ccc(Cl)cc3)nc2c1. The lowest BCUT2D eigenvalue weighted by molar-refractivity contribution is 1.09. The number of aromatic nitrogens is 2. The van der Waals surface area contributed by atoms with Crippen molar-refractivity contribution in [2.24, 2.45) is 0 Å². The molecular weight excluding hydrogens is 258 g/mol. The highest BCUT2D eigenvalue weighted by molar-refractivity contribution is 6.30. The van der Waals surface area contributed by atoms with Crippen molar-refractivity contribution < 1.29 is 0 Å². The molecule has 96 valence electrons. The van der Waals surface area contributed by atoms with Gasteiger partial charge in [0.1, 0.15) is 17.2 Å². The number of nitrogens with zero attached hydrogens (tertiary/aromatic N) is 2.